The van der Waals surface area contributed by atoms with Crippen molar-refractivity contribution in [3.63, 3.8) is 0 Å². The second-order valence-electron chi connectivity index (χ2n) is 3.17. The molecule has 17 heavy (non-hydrogen) atoms. The molecule has 0 bridgehead atoms. The minimum Gasteiger partial charge on any atom is -0.267 e. The summed E-state index contributed by atoms with van der Waals surface area (Å²) >= 11 is 3.17. The molecule has 0 saturated heterocycles. The molecule has 0 radical (unpaired) electrons. The Hall–Kier alpha value is -1.47. The van der Waals surface area contributed by atoms with E-state index >= 15 is 0 Å². The molecule has 0 atom stereocenters. The van der Waals surface area contributed by atoms with Crippen molar-refractivity contribution < 1.29 is 8.42 Å². The van der Waals surface area contributed by atoms with Gasteiger partial charge in [-0.1, -0.05) is 22.0 Å². The van der Waals surface area contributed by atoms with Crippen molar-refractivity contribution in [3.05, 3.63) is 57.4 Å². The van der Waals surface area contributed by atoms with Crippen molar-refractivity contribution >= 4 is 26.0 Å². The predicted octanol–water partition coefficient (Wildman–Crippen LogP) is 1.24. The smallest absolute Gasteiger partial charge is 0.267 e. The molecule has 1 heterocycles. The SMILES string of the molecule is O=c1cccnn1S(=O)(=O)c1cccc(Br)c1. The molecular formula is C10H7BrN2O3S. The zero-order valence-corrected chi connectivity index (χ0v) is 10.8. The highest BCUT2D eigenvalue weighted by Gasteiger charge is 2.19. The van der Waals surface area contributed by atoms with Crippen molar-refractivity contribution in [3.8, 4) is 0 Å². The Morgan fingerprint density at radius 2 is 1.94 bits per heavy atom. The van der Waals surface area contributed by atoms with Crippen LogP contribution in [0.5, 0.6) is 0 Å². The molecule has 5 nitrogen and oxygen atoms in total. The van der Waals surface area contributed by atoms with Gasteiger partial charge in [0.15, 0.2) is 0 Å². The van der Waals surface area contributed by atoms with E-state index in [9.17, 15) is 13.2 Å². The summed E-state index contributed by atoms with van der Waals surface area (Å²) in [5, 5.41) is 3.56. The Morgan fingerprint density at radius 1 is 1.18 bits per heavy atom. The van der Waals surface area contributed by atoms with E-state index in [1.165, 1.54) is 24.4 Å². The molecule has 0 N–H and O–H groups in total. The van der Waals surface area contributed by atoms with Crippen LogP contribution in [-0.2, 0) is 10.0 Å². The molecule has 0 spiro atoms. The highest BCUT2D eigenvalue weighted by atomic mass is 79.9. The first kappa shape index (κ1) is 12.0. The van der Waals surface area contributed by atoms with Gasteiger partial charge in [0.1, 0.15) is 0 Å². The lowest BCUT2D eigenvalue weighted by Gasteiger charge is -2.05. The second-order valence-corrected chi connectivity index (χ2v) is 5.85. The van der Waals surface area contributed by atoms with Crippen LogP contribution in [0.25, 0.3) is 0 Å². The fraction of sp³-hybridized carbons (Fsp3) is 0. The molecule has 0 aliphatic heterocycles. The fourth-order valence-electron chi connectivity index (χ4n) is 1.25. The fourth-order valence-corrected chi connectivity index (χ4v) is 3.01. The Kier molecular flexibility index (Phi) is 3.12. The van der Waals surface area contributed by atoms with E-state index in [-0.39, 0.29) is 4.90 Å². The maximum atomic E-state index is 12.1. The van der Waals surface area contributed by atoms with E-state index in [2.05, 4.69) is 21.0 Å². The van der Waals surface area contributed by atoms with E-state index < -0.39 is 15.6 Å². The maximum Gasteiger partial charge on any atom is 0.286 e. The highest BCUT2D eigenvalue weighted by molar-refractivity contribution is 9.10. The van der Waals surface area contributed by atoms with Crippen LogP contribution in [0.1, 0.15) is 0 Å². The lowest BCUT2D eigenvalue weighted by molar-refractivity contribution is 0.575. The van der Waals surface area contributed by atoms with Crippen LogP contribution < -0.4 is 5.56 Å². The van der Waals surface area contributed by atoms with Gasteiger partial charge < -0.3 is 0 Å². The molecule has 2 aromatic rings. The van der Waals surface area contributed by atoms with Crippen molar-refractivity contribution in [2.24, 2.45) is 0 Å². The molecule has 0 aliphatic rings. The summed E-state index contributed by atoms with van der Waals surface area (Å²) in [6.07, 6.45) is 1.25. The molecule has 7 heteroatoms. The van der Waals surface area contributed by atoms with Gasteiger partial charge in [-0.3, -0.25) is 4.79 Å². The summed E-state index contributed by atoms with van der Waals surface area (Å²) in [6, 6.07) is 8.61. The Bertz CT molecular complexity index is 709. The molecule has 2 rings (SSSR count). The van der Waals surface area contributed by atoms with Crippen LogP contribution in [0, 0.1) is 0 Å². The van der Waals surface area contributed by atoms with Crippen molar-refractivity contribution in [1.82, 2.24) is 9.19 Å². The molecular weight excluding hydrogens is 308 g/mol. The molecule has 1 aromatic carbocycles. The Labute approximate surface area is 106 Å². The molecule has 1 aromatic heterocycles. The number of nitrogens with zero attached hydrogens (tertiary/aromatic N) is 2. The quantitative estimate of drug-likeness (QED) is 0.836. The van der Waals surface area contributed by atoms with Crippen molar-refractivity contribution in [2.75, 3.05) is 0 Å². The lowest BCUT2D eigenvalue weighted by Crippen LogP contribution is -2.28. The van der Waals surface area contributed by atoms with Gasteiger partial charge >= 0.3 is 0 Å². The van der Waals surface area contributed by atoms with Crippen molar-refractivity contribution in [2.45, 2.75) is 4.90 Å². The number of benzene rings is 1. The van der Waals surface area contributed by atoms with E-state index in [1.54, 1.807) is 12.1 Å². The first-order valence-corrected chi connectivity index (χ1v) is 6.80. The minimum atomic E-state index is -3.93. The Balaban J connectivity index is 2.67. The van der Waals surface area contributed by atoms with Gasteiger partial charge in [0.25, 0.3) is 15.6 Å². The first-order valence-electron chi connectivity index (χ1n) is 4.57. The van der Waals surface area contributed by atoms with E-state index in [0.717, 1.165) is 6.07 Å². The first-order chi connectivity index (χ1) is 8.01. The van der Waals surface area contributed by atoms with Crippen LogP contribution in [-0.4, -0.2) is 17.6 Å². The van der Waals surface area contributed by atoms with Crippen LogP contribution in [0.3, 0.4) is 0 Å². The maximum absolute atomic E-state index is 12.1. The van der Waals surface area contributed by atoms with Gasteiger partial charge in [-0.25, -0.2) is 0 Å². The summed E-state index contributed by atoms with van der Waals surface area (Å²) in [5.41, 5.74) is -0.688. The number of hydrogen-bond donors (Lipinski definition) is 0. The summed E-state index contributed by atoms with van der Waals surface area (Å²) in [4.78, 5) is 11.4. The van der Waals surface area contributed by atoms with E-state index in [4.69, 9.17) is 0 Å². The van der Waals surface area contributed by atoms with Gasteiger partial charge in [0.2, 0.25) is 0 Å². The predicted molar refractivity (Wildman–Crippen MR) is 65.2 cm³/mol. The van der Waals surface area contributed by atoms with Gasteiger partial charge in [-0.15, -0.1) is 4.09 Å². The highest BCUT2D eigenvalue weighted by Crippen LogP contribution is 2.16. The third-order valence-electron chi connectivity index (χ3n) is 2.01. The van der Waals surface area contributed by atoms with Gasteiger partial charge in [0.05, 0.1) is 4.90 Å². The number of rotatable bonds is 2. The van der Waals surface area contributed by atoms with Crippen LogP contribution in [0.4, 0.5) is 0 Å². The average Bonchev–Trinajstić information content (AvgIpc) is 2.29. The van der Waals surface area contributed by atoms with Gasteiger partial charge in [-0.05, 0) is 24.3 Å². The molecule has 0 saturated carbocycles. The molecule has 0 fully saturated rings. The largest absolute Gasteiger partial charge is 0.286 e. The Morgan fingerprint density at radius 3 is 2.59 bits per heavy atom. The van der Waals surface area contributed by atoms with E-state index in [0.29, 0.717) is 8.56 Å². The van der Waals surface area contributed by atoms with Gasteiger partial charge in [-0.2, -0.15) is 13.5 Å². The summed E-state index contributed by atoms with van der Waals surface area (Å²) in [5.74, 6) is 0. The number of halogens is 1. The molecule has 0 unspecified atom stereocenters. The minimum absolute atomic E-state index is 0.00711. The number of hydrogen-bond acceptors (Lipinski definition) is 4. The van der Waals surface area contributed by atoms with E-state index in [1.807, 2.05) is 0 Å². The third-order valence-corrected chi connectivity index (χ3v) is 4.08. The summed E-state index contributed by atoms with van der Waals surface area (Å²) in [7, 11) is -3.93. The lowest BCUT2D eigenvalue weighted by atomic mass is 10.4. The monoisotopic (exact) mass is 314 g/mol. The topological polar surface area (TPSA) is 69.0 Å². The molecule has 0 amide bonds. The van der Waals surface area contributed by atoms with Crippen LogP contribution >= 0.6 is 15.9 Å². The summed E-state index contributed by atoms with van der Waals surface area (Å²) in [6.45, 7) is 0. The summed E-state index contributed by atoms with van der Waals surface area (Å²) < 4.78 is 25.3. The van der Waals surface area contributed by atoms with Gasteiger partial charge in [0, 0.05) is 16.7 Å². The number of aromatic nitrogens is 2. The normalized spacial score (nSPS) is 11.4. The van der Waals surface area contributed by atoms with Crippen molar-refractivity contribution in [1.29, 1.82) is 0 Å². The van der Waals surface area contributed by atoms with Crippen LogP contribution in [0.2, 0.25) is 0 Å². The molecule has 0 aliphatic carbocycles. The third kappa shape index (κ3) is 2.29. The standard InChI is InChI=1S/C10H7BrN2O3S/c11-8-3-1-4-9(7-8)17(15,16)13-10(14)5-2-6-12-13/h1-7H. The second kappa shape index (κ2) is 4.42. The zero-order chi connectivity index (χ0) is 12.5. The zero-order valence-electron chi connectivity index (χ0n) is 8.45. The average molecular weight is 315 g/mol. The molecule has 88 valence electrons. The van der Waals surface area contributed by atoms with Crippen LogP contribution in [0.15, 0.2) is 56.8 Å².